The summed E-state index contributed by atoms with van der Waals surface area (Å²) in [6.45, 7) is 5.12. The zero-order chi connectivity index (χ0) is 19.0. The van der Waals surface area contributed by atoms with E-state index in [-0.39, 0.29) is 5.82 Å². The third-order valence-electron chi connectivity index (χ3n) is 4.49. The lowest BCUT2D eigenvalue weighted by Crippen LogP contribution is -2.64. The van der Waals surface area contributed by atoms with Crippen molar-refractivity contribution in [1.82, 2.24) is 19.7 Å². The molecule has 2 aromatic heterocycles. The van der Waals surface area contributed by atoms with E-state index in [0.717, 1.165) is 17.5 Å². The molecule has 0 amide bonds. The van der Waals surface area contributed by atoms with Crippen molar-refractivity contribution in [2.24, 2.45) is 0 Å². The Morgan fingerprint density at radius 3 is 2.63 bits per heavy atom. The highest BCUT2D eigenvalue weighted by molar-refractivity contribution is 5.47. The van der Waals surface area contributed by atoms with Gasteiger partial charge in [-0.15, -0.1) is 10.2 Å². The van der Waals surface area contributed by atoms with Crippen LogP contribution in [0, 0.1) is 12.7 Å². The number of hydrogen-bond donors (Lipinski definition) is 0. The van der Waals surface area contributed by atoms with Crippen LogP contribution in [0.1, 0.15) is 12.7 Å². The third kappa shape index (κ3) is 3.30. The Hall–Kier alpha value is -3.16. The Kier molecular flexibility index (Phi) is 4.18. The largest absolute Gasteiger partial charge is 0.484 e. The van der Waals surface area contributed by atoms with Gasteiger partial charge in [0.1, 0.15) is 23.0 Å². The predicted molar refractivity (Wildman–Crippen MR) is 98.1 cm³/mol. The van der Waals surface area contributed by atoms with E-state index in [4.69, 9.17) is 9.47 Å². The highest BCUT2D eigenvalue weighted by atomic mass is 19.1. The molecule has 0 radical (unpaired) electrons. The molecule has 0 N–H and O–H groups in total. The van der Waals surface area contributed by atoms with Gasteiger partial charge in [0, 0.05) is 12.1 Å². The number of methoxy groups -OCH3 is 1. The number of rotatable bonds is 5. The highest BCUT2D eigenvalue weighted by Crippen LogP contribution is 2.32. The number of aromatic nitrogens is 4. The number of aryl methyl sites for hydroxylation is 1. The normalized spacial score (nSPS) is 15.3. The molecule has 0 saturated carbocycles. The number of nitrogens with zero attached hydrogens (tertiary/aromatic N) is 5. The van der Waals surface area contributed by atoms with E-state index < -0.39 is 5.60 Å². The van der Waals surface area contributed by atoms with Gasteiger partial charge in [0.15, 0.2) is 0 Å². The number of hydrogen-bond acceptors (Lipinski definition) is 6. The summed E-state index contributed by atoms with van der Waals surface area (Å²) in [7, 11) is 1.58. The van der Waals surface area contributed by atoms with Crippen molar-refractivity contribution in [2.45, 2.75) is 19.4 Å². The molecule has 1 aliphatic heterocycles. The quantitative estimate of drug-likeness (QED) is 0.689. The second kappa shape index (κ2) is 6.53. The molecule has 7 nitrogen and oxygen atoms in total. The van der Waals surface area contributed by atoms with Crippen molar-refractivity contribution in [1.29, 1.82) is 0 Å². The van der Waals surface area contributed by atoms with Crippen LogP contribution in [0.25, 0.3) is 5.69 Å². The SMILES string of the molecule is COc1ccc(-n2c(C)nnc2N2CC(C)(Oc3cccc(F)c3)C2)cn1. The molecule has 0 aliphatic carbocycles. The Labute approximate surface area is 156 Å². The van der Waals surface area contributed by atoms with E-state index >= 15 is 0 Å². The van der Waals surface area contributed by atoms with E-state index in [0.29, 0.717) is 24.7 Å². The standard InChI is InChI=1S/C19H20FN5O2/c1-13-22-23-18(25(13)15-7-8-17(26-3)21-10-15)24-11-19(2,12-24)27-16-6-4-5-14(20)9-16/h4-10H,11-12H2,1-3H3. The lowest BCUT2D eigenvalue weighted by Gasteiger charge is -2.47. The van der Waals surface area contributed by atoms with Crippen molar-refractivity contribution in [3.8, 4) is 17.3 Å². The maximum Gasteiger partial charge on any atom is 0.232 e. The van der Waals surface area contributed by atoms with E-state index in [1.807, 2.05) is 24.5 Å². The Morgan fingerprint density at radius 1 is 1.15 bits per heavy atom. The first-order valence-electron chi connectivity index (χ1n) is 8.59. The summed E-state index contributed by atoms with van der Waals surface area (Å²) in [4.78, 5) is 6.33. The second-order valence-electron chi connectivity index (χ2n) is 6.81. The van der Waals surface area contributed by atoms with E-state index in [2.05, 4.69) is 20.1 Å². The van der Waals surface area contributed by atoms with Crippen LogP contribution in [0.2, 0.25) is 0 Å². The fourth-order valence-electron chi connectivity index (χ4n) is 3.27. The molecule has 8 heteroatoms. The summed E-state index contributed by atoms with van der Waals surface area (Å²) in [5.74, 6) is 2.24. The molecule has 140 valence electrons. The molecular weight excluding hydrogens is 349 g/mol. The van der Waals surface area contributed by atoms with Gasteiger partial charge in [0.05, 0.1) is 32.1 Å². The van der Waals surface area contributed by atoms with Crippen LogP contribution in [0.3, 0.4) is 0 Å². The molecule has 1 fully saturated rings. The monoisotopic (exact) mass is 369 g/mol. The zero-order valence-corrected chi connectivity index (χ0v) is 15.4. The summed E-state index contributed by atoms with van der Waals surface area (Å²) in [6, 6.07) is 9.90. The smallest absolute Gasteiger partial charge is 0.232 e. The Balaban J connectivity index is 1.52. The fraction of sp³-hybridized carbons (Fsp3) is 0.316. The van der Waals surface area contributed by atoms with E-state index in [1.54, 1.807) is 31.5 Å². The van der Waals surface area contributed by atoms with Crippen LogP contribution in [-0.2, 0) is 0 Å². The first-order valence-corrected chi connectivity index (χ1v) is 8.59. The number of benzene rings is 1. The summed E-state index contributed by atoms with van der Waals surface area (Å²) in [5, 5.41) is 8.51. The van der Waals surface area contributed by atoms with Crippen LogP contribution >= 0.6 is 0 Å². The van der Waals surface area contributed by atoms with Gasteiger partial charge in [-0.2, -0.15) is 0 Å². The van der Waals surface area contributed by atoms with E-state index in [9.17, 15) is 4.39 Å². The minimum absolute atomic E-state index is 0.311. The average Bonchev–Trinajstić information content (AvgIpc) is 3.01. The topological polar surface area (TPSA) is 65.3 Å². The molecule has 4 rings (SSSR count). The van der Waals surface area contributed by atoms with Crippen molar-refractivity contribution in [3.05, 3.63) is 54.2 Å². The minimum atomic E-state index is -0.420. The van der Waals surface area contributed by atoms with Gasteiger partial charge in [0.2, 0.25) is 11.8 Å². The lowest BCUT2D eigenvalue weighted by atomic mass is 9.97. The molecule has 1 aliphatic rings. The van der Waals surface area contributed by atoms with Crippen molar-refractivity contribution in [3.63, 3.8) is 0 Å². The molecule has 3 aromatic rings. The van der Waals surface area contributed by atoms with Crippen molar-refractivity contribution >= 4 is 5.95 Å². The maximum atomic E-state index is 13.4. The van der Waals surface area contributed by atoms with Crippen molar-refractivity contribution < 1.29 is 13.9 Å². The van der Waals surface area contributed by atoms with Gasteiger partial charge in [-0.3, -0.25) is 4.57 Å². The summed E-state index contributed by atoms with van der Waals surface area (Å²) < 4.78 is 26.4. The van der Waals surface area contributed by atoms with Crippen LogP contribution in [0.4, 0.5) is 10.3 Å². The Bertz CT molecular complexity index is 951. The molecule has 1 aromatic carbocycles. The van der Waals surface area contributed by atoms with Crippen molar-refractivity contribution in [2.75, 3.05) is 25.1 Å². The van der Waals surface area contributed by atoms with Gasteiger partial charge in [-0.1, -0.05) is 6.07 Å². The molecule has 0 unspecified atom stereocenters. The second-order valence-corrected chi connectivity index (χ2v) is 6.81. The van der Waals surface area contributed by atoms with Gasteiger partial charge >= 0.3 is 0 Å². The Morgan fingerprint density at radius 2 is 1.96 bits per heavy atom. The molecule has 1 saturated heterocycles. The molecular formula is C19H20FN5O2. The predicted octanol–water partition coefficient (Wildman–Crippen LogP) is 2.78. The number of pyridine rings is 1. The third-order valence-corrected chi connectivity index (χ3v) is 4.49. The first kappa shape index (κ1) is 17.3. The molecule has 0 bridgehead atoms. The summed E-state index contributed by atoms with van der Waals surface area (Å²) >= 11 is 0. The molecule has 3 heterocycles. The van der Waals surface area contributed by atoms with Crippen LogP contribution < -0.4 is 14.4 Å². The summed E-state index contributed by atoms with van der Waals surface area (Å²) in [5.41, 5.74) is 0.435. The maximum absolute atomic E-state index is 13.4. The number of anilines is 1. The van der Waals surface area contributed by atoms with Gasteiger partial charge < -0.3 is 14.4 Å². The van der Waals surface area contributed by atoms with Crippen LogP contribution in [0.5, 0.6) is 11.6 Å². The minimum Gasteiger partial charge on any atom is -0.484 e. The lowest BCUT2D eigenvalue weighted by molar-refractivity contribution is 0.0563. The van der Waals surface area contributed by atoms with E-state index in [1.165, 1.54) is 12.1 Å². The van der Waals surface area contributed by atoms with Crippen LogP contribution in [0.15, 0.2) is 42.6 Å². The number of halogens is 1. The van der Waals surface area contributed by atoms with Crippen LogP contribution in [-0.4, -0.2) is 45.5 Å². The number of ether oxygens (including phenoxy) is 2. The van der Waals surface area contributed by atoms with Gasteiger partial charge in [0.25, 0.3) is 0 Å². The van der Waals surface area contributed by atoms with Gasteiger partial charge in [-0.05, 0) is 32.0 Å². The molecule has 27 heavy (non-hydrogen) atoms. The highest BCUT2D eigenvalue weighted by Gasteiger charge is 2.43. The first-order chi connectivity index (χ1) is 13.0. The fourth-order valence-corrected chi connectivity index (χ4v) is 3.27. The van der Waals surface area contributed by atoms with Gasteiger partial charge in [-0.25, -0.2) is 9.37 Å². The average molecular weight is 369 g/mol. The molecule has 0 spiro atoms. The zero-order valence-electron chi connectivity index (χ0n) is 15.4. The molecule has 0 atom stereocenters. The summed E-state index contributed by atoms with van der Waals surface area (Å²) in [6.07, 6.45) is 1.72.